The highest BCUT2D eigenvalue weighted by Crippen LogP contribution is 2.24. The molecule has 2 aromatic heterocycles. The quantitative estimate of drug-likeness (QED) is 0.542. The maximum absolute atomic E-state index is 11.4. The predicted molar refractivity (Wildman–Crippen MR) is 98.7 cm³/mol. The molecular weight excluding hydrogens is 407 g/mol. The maximum Gasteiger partial charge on any atom is 0.374 e. The summed E-state index contributed by atoms with van der Waals surface area (Å²) in [6.45, 7) is 3.73. The van der Waals surface area contributed by atoms with Gasteiger partial charge in [0.05, 0.1) is 14.2 Å². The Bertz CT molecular complexity index is 839. The number of methoxy groups -OCH3 is 2. The number of nitrogens with zero attached hydrogens (tertiary/aromatic N) is 2. The molecule has 26 heavy (non-hydrogen) atoms. The molecule has 142 valence electrons. The van der Waals surface area contributed by atoms with Crippen LogP contribution in [0.3, 0.4) is 0 Å². The number of carbonyl (C=O) groups is 1. The molecule has 0 atom stereocenters. The third-order valence-electron chi connectivity index (χ3n) is 3.13. The molecular formula is C16H17Cl3N2O5. The Kier molecular flexibility index (Phi) is 8.84. The van der Waals surface area contributed by atoms with Crippen LogP contribution in [0, 0.1) is 0 Å². The lowest BCUT2D eigenvalue weighted by atomic mass is 10.1. The third-order valence-corrected chi connectivity index (χ3v) is 3.99. The normalized spacial score (nSPS) is 9.96. The minimum atomic E-state index is -0.645. The standard InChI is InChI=1S/C10H12ClNO3.C6H5Cl2NO2/c1-4-6-5-7(10(13)15-3)9(14-2)12-8(6)11;1-2-3-4(7)9-5(8)6(10)11-3/h5H,4H2,1-3H3;2H2,1H3. The summed E-state index contributed by atoms with van der Waals surface area (Å²) in [7, 11) is 2.73. The molecule has 0 saturated heterocycles. The largest absolute Gasteiger partial charge is 0.480 e. The van der Waals surface area contributed by atoms with E-state index >= 15 is 0 Å². The topological polar surface area (TPSA) is 91.5 Å². The summed E-state index contributed by atoms with van der Waals surface area (Å²) in [5.74, 6) is 0.0656. The summed E-state index contributed by atoms with van der Waals surface area (Å²) >= 11 is 16.8. The summed E-state index contributed by atoms with van der Waals surface area (Å²) in [6, 6.07) is 1.64. The lowest BCUT2D eigenvalue weighted by Gasteiger charge is -2.08. The van der Waals surface area contributed by atoms with Crippen molar-refractivity contribution in [2.24, 2.45) is 0 Å². The van der Waals surface area contributed by atoms with E-state index in [1.165, 1.54) is 14.2 Å². The van der Waals surface area contributed by atoms with Crippen LogP contribution in [0.4, 0.5) is 0 Å². The van der Waals surface area contributed by atoms with Crippen LogP contribution in [-0.4, -0.2) is 30.2 Å². The molecule has 0 aliphatic heterocycles. The monoisotopic (exact) mass is 422 g/mol. The van der Waals surface area contributed by atoms with E-state index in [0.717, 1.165) is 5.56 Å². The number of rotatable bonds is 4. The summed E-state index contributed by atoms with van der Waals surface area (Å²) in [5, 5.41) is 0.270. The molecule has 0 N–H and O–H groups in total. The molecule has 0 amide bonds. The number of esters is 1. The van der Waals surface area contributed by atoms with Crippen molar-refractivity contribution in [2.75, 3.05) is 14.2 Å². The smallest absolute Gasteiger partial charge is 0.374 e. The van der Waals surface area contributed by atoms with Crippen LogP contribution in [0.25, 0.3) is 0 Å². The second-order valence-corrected chi connectivity index (χ2v) is 5.77. The number of carbonyl (C=O) groups excluding carboxylic acids is 1. The van der Waals surface area contributed by atoms with Crippen LogP contribution in [0.1, 0.15) is 35.5 Å². The Morgan fingerprint density at radius 2 is 1.73 bits per heavy atom. The van der Waals surface area contributed by atoms with Gasteiger partial charge in [-0.05, 0) is 18.1 Å². The van der Waals surface area contributed by atoms with E-state index in [0.29, 0.717) is 29.3 Å². The zero-order valence-electron chi connectivity index (χ0n) is 14.6. The van der Waals surface area contributed by atoms with Crippen molar-refractivity contribution >= 4 is 40.8 Å². The van der Waals surface area contributed by atoms with Gasteiger partial charge in [-0.3, -0.25) is 0 Å². The second-order valence-electron chi connectivity index (χ2n) is 4.70. The first-order valence-corrected chi connectivity index (χ1v) is 8.59. The van der Waals surface area contributed by atoms with Crippen LogP contribution in [0.5, 0.6) is 5.88 Å². The number of aromatic nitrogens is 2. The van der Waals surface area contributed by atoms with Gasteiger partial charge in [-0.1, -0.05) is 48.7 Å². The number of pyridine rings is 1. The van der Waals surface area contributed by atoms with Crippen LogP contribution < -0.4 is 10.4 Å². The van der Waals surface area contributed by atoms with Crippen molar-refractivity contribution in [3.8, 4) is 5.88 Å². The van der Waals surface area contributed by atoms with Gasteiger partial charge in [-0.2, -0.15) is 0 Å². The van der Waals surface area contributed by atoms with Crippen LogP contribution in [-0.2, 0) is 17.6 Å². The van der Waals surface area contributed by atoms with Crippen molar-refractivity contribution in [3.05, 3.63) is 48.8 Å². The van der Waals surface area contributed by atoms with Crippen molar-refractivity contribution in [3.63, 3.8) is 0 Å². The molecule has 7 nitrogen and oxygen atoms in total. The lowest BCUT2D eigenvalue weighted by molar-refractivity contribution is 0.0596. The summed E-state index contributed by atoms with van der Waals surface area (Å²) in [6.07, 6.45) is 1.22. The predicted octanol–water partition coefficient (Wildman–Crippen LogP) is 4.00. The van der Waals surface area contributed by atoms with Gasteiger partial charge in [0.25, 0.3) is 0 Å². The molecule has 0 aromatic carbocycles. The minimum Gasteiger partial charge on any atom is -0.480 e. The SMILES string of the molecule is CCc1cc(C(=O)OC)c(OC)nc1Cl.CCc1oc(=O)c(Cl)nc1Cl. The lowest BCUT2D eigenvalue weighted by Crippen LogP contribution is -2.07. The molecule has 2 aromatic rings. The van der Waals surface area contributed by atoms with E-state index < -0.39 is 11.6 Å². The molecule has 2 heterocycles. The molecule has 0 aliphatic rings. The maximum atomic E-state index is 11.4. The van der Waals surface area contributed by atoms with Gasteiger partial charge < -0.3 is 13.9 Å². The first-order chi connectivity index (χ1) is 12.3. The van der Waals surface area contributed by atoms with E-state index in [-0.39, 0.29) is 16.2 Å². The first kappa shape index (κ1) is 22.2. The van der Waals surface area contributed by atoms with Crippen molar-refractivity contribution in [1.82, 2.24) is 9.97 Å². The second kappa shape index (κ2) is 10.4. The van der Waals surface area contributed by atoms with Gasteiger partial charge in [0.2, 0.25) is 11.0 Å². The Morgan fingerprint density at radius 1 is 1.08 bits per heavy atom. The highest BCUT2D eigenvalue weighted by atomic mass is 35.5. The Morgan fingerprint density at radius 3 is 2.23 bits per heavy atom. The molecule has 2 rings (SSSR count). The van der Waals surface area contributed by atoms with Crippen molar-refractivity contribution < 1.29 is 18.7 Å². The van der Waals surface area contributed by atoms with Crippen molar-refractivity contribution in [1.29, 1.82) is 0 Å². The molecule has 0 radical (unpaired) electrons. The molecule has 10 heteroatoms. The summed E-state index contributed by atoms with van der Waals surface area (Å²) in [5.41, 5.74) is 0.437. The van der Waals surface area contributed by atoms with E-state index in [1.807, 2.05) is 6.92 Å². The van der Waals surface area contributed by atoms with E-state index in [2.05, 4.69) is 14.7 Å². The van der Waals surface area contributed by atoms with Crippen LogP contribution in [0.2, 0.25) is 15.5 Å². The third kappa shape index (κ3) is 5.59. The average molecular weight is 424 g/mol. The van der Waals surface area contributed by atoms with E-state index in [1.54, 1.807) is 13.0 Å². The number of ether oxygens (including phenoxy) is 2. The number of halogens is 3. The number of aryl methyl sites for hydroxylation is 2. The van der Waals surface area contributed by atoms with E-state index in [4.69, 9.17) is 44.0 Å². The zero-order valence-corrected chi connectivity index (χ0v) is 16.8. The zero-order chi connectivity index (χ0) is 19.9. The van der Waals surface area contributed by atoms with Gasteiger partial charge in [-0.25, -0.2) is 19.6 Å². The highest BCUT2D eigenvalue weighted by molar-refractivity contribution is 6.32. The van der Waals surface area contributed by atoms with Gasteiger partial charge in [0, 0.05) is 6.42 Å². The first-order valence-electron chi connectivity index (χ1n) is 7.45. The fraction of sp³-hybridized carbons (Fsp3) is 0.375. The Hall–Kier alpha value is -1.83. The molecule has 0 spiro atoms. The fourth-order valence-electron chi connectivity index (χ4n) is 1.78. The molecule has 0 bridgehead atoms. The molecule has 0 unspecified atom stereocenters. The van der Waals surface area contributed by atoms with Gasteiger partial charge in [0.15, 0.2) is 5.15 Å². The van der Waals surface area contributed by atoms with Gasteiger partial charge >= 0.3 is 11.6 Å². The number of hydrogen-bond donors (Lipinski definition) is 0. The minimum absolute atomic E-state index is 0.150. The fourth-order valence-corrected chi connectivity index (χ4v) is 2.47. The molecule has 0 saturated carbocycles. The van der Waals surface area contributed by atoms with Crippen molar-refractivity contribution in [2.45, 2.75) is 26.7 Å². The van der Waals surface area contributed by atoms with Gasteiger partial charge in [0.1, 0.15) is 16.5 Å². The molecule has 0 aliphatic carbocycles. The van der Waals surface area contributed by atoms with E-state index in [9.17, 15) is 9.59 Å². The summed E-state index contributed by atoms with van der Waals surface area (Å²) < 4.78 is 14.3. The number of hydrogen-bond acceptors (Lipinski definition) is 7. The van der Waals surface area contributed by atoms with Crippen LogP contribution in [0.15, 0.2) is 15.3 Å². The summed E-state index contributed by atoms with van der Waals surface area (Å²) in [4.78, 5) is 29.7. The Labute approximate surface area is 165 Å². The van der Waals surface area contributed by atoms with Gasteiger partial charge in [-0.15, -0.1) is 0 Å². The Balaban J connectivity index is 0.000000273. The molecule has 0 fully saturated rings. The average Bonchev–Trinajstić information content (AvgIpc) is 2.64. The van der Waals surface area contributed by atoms with Crippen LogP contribution >= 0.6 is 34.8 Å². The highest BCUT2D eigenvalue weighted by Gasteiger charge is 2.17.